The van der Waals surface area contributed by atoms with E-state index in [2.05, 4.69) is 0 Å². The molecule has 0 unspecified atom stereocenters. The lowest BCUT2D eigenvalue weighted by atomic mass is 10.00. The van der Waals surface area contributed by atoms with Crippen LogP contribution in [0.25, 0.3) is 0 Å². The SMILES string of the molecule is C[C@H](C(=O)O[C@@H](C(=O)c1ccccc1)c1ccccc1)N1C(=O)c2ccccc2C1=O. The molecule has 0 N–H and O–H groups in total. The van der Waals surface area contributed by atoms with Gasteiger partial charge in [0.2, 0.25) is 5.78 Å². The molecule has 0 bridgehead atoms. The van der Waals surface area contributed by atoms with Crippen molar-refractivity contribution in [2.24, 2.45) is 0 Å². The molecule has 1 aliphatic heterocycles. The number of Topliss-reactive ketones (excluding diaryl/α,β-unsaturated/α-hetero) is 1. The monoisotopic (exact) mass is 413 g/mol. The van der Waals surface area contributed by atoms with Gasteiger partial charge >= 0.3 is 5.97 Å². The summed E-state index contributed by atoms with van der Waals surface area (Å²) in [4.78, 5) is 52.3. The molecular formula is C25H19NO5. The zero-order valence-corrected chi connectivity index (χ0v) is 16.7. The van der Waals surface area contributed by atoms with Gasteiger partial charge in [-0.15, -0.1) is 0 Å². The summed E-state index contributed by atoms with van der Waals surface area (Å²) in [5.41, 5.74) is 1.37. The number of ketones is 1. The maximum atomic E-state index is 13.1. The summed E-state index contributed by atoms with van der Waals surface area (Å²) in [6.07, 6.45) is -1.20. The van der Waals surface area contributed by atoms with E-state index in [1.807, 2.05) is 0 Å². The van der Waals surface area contributed by atoms with E-state index in [-0.39, 0.29) is 11.1 Å². The van der Waals surface area contributed by atoms with Crippen LogP contribution in [0.5, 0.6) is 0 Å². The molecule has 31 heavy (non-hydrogen) atoms. The van der Waals surface area contributed by atoms with E-state index >= 15 is 0 Å². The van der Waals surface area contributed by atoms with Gasteiger partial charge in [0, 0.05) is 11.1 Å². The molecule has 6 heteroatoms. The van der Waals surface area contributed by atoms with E-state index in [1.165, 1.54) is 6.92 Å². The predicted octanol–water partition coefficient (Wildman–Crippen LogP) is 3.84. The van der Waals surface area contributed by atoms with Gasteiger partial charge in [-0.1, -0.05) is 72.8 Å². The lowest BCUT2D eigenvalue weighted by Gasteiger charge is -2.24. The average Bonchev–Trinajstić information content (AvgIpc) is 3.07. The van der Waals surface area contributed by atoms with Crippen molar-refractivity contribution >= 4 is 23.6 Å². The van der Waals surface area contributed by atoms with Gasteiger partial charge in [-0.2, -0.15) is 0 Å². The van der Waals surface area contributed by atoms with Crippen LogP contribution in [0.4, 0.5) is 0 Å². The molecule has 0 fully saturated rings. The van der Waals surface area contributed by atoms with Crippen molar-refractivity contribution in [2.45, 2.75) is 19.1 Å². The van der Waals surface area contributed by atoms with Crippen LogP contribution in [-0.2, 0) is 9.53 Å². The zero-order valence-electron chi connectivity index (χ0n) is 16.7. The number of benzene rings is 3. The third-order valence-electron chi connectivity index (χ3n) is 5.19. The molecule has 0 aromatic heterocycles. The van der Waals surface area contributed by atoms with Gasteiger partial charge in [-0.3, -0.25) is 19.3 Å². The van der Waals surface area contributed by atoms with E-state index in [0.29, 0.717) is 11.1 Å². The fraction of sp³-hybridized carbons (Fsp3) is 0.120. The average molecular weight is 413 g/mol. The van der Waals surface area contributed by atoms with Crippen LogP contribution in [0.1, 0.15) is 49.7 Å². The van der Waals surface area contributed by atoms with Crippen molar-refractivity contribution < 1.29 is 23.9 Å². The van der Waals surface area contributed by atoms with Crippen molar-refractivity contribution in [3.63, 3.8) is 0 Å². The summed E-state index contributed by atoms with van der Waals surface area (Å²) in [6.45, 7) is 1.42. The Labute approximate surface area is 179 Å². The summed E-state index contributed by atoms with van der Waals surface area (Å²) < 4.78 is 5.59. The van der Waals surface area contributed by atoms with E-state index in [0.717, 1.165) is 4.90 Å². The fourth-order valence-corrected chi connectivity index (χ4v) is 3.53. The van der Waals surface area contributed by atoms with Gasteiger partial charge in [-0.25, -0.2) is 4.79 Å². The Morgan fingerprint density at radius 1 is 0.742 bits per heavy atom. The third-order valence-corrected chi connectivity index (χ3v) is 5.19. The summed E-state index contributed by atoms with van der Waals surface area (Å²) in [5.74, 6) is -2.35. The fourth-order valence-electron chi connectivity index (χ4n) is 3.53. The molecule has 0 aliphatic carbocycles. The number of fused-ring (bicyclic) bond motifs is 1. The molecule has 1 aliphatic rings. The molecule has 0 radical (unpaired) electrons. The third kappa shape index (κ3) is 3.75. The molecule has 4 rings (SSSR count). The van der Waals surface area contributed by atoms with Crippen LogP contribution in [-0.4, -0.2) is 34.5 Å². The highest BCUT2D eigenvalue weighted by Crippen LogP contribution is 2.27. The van der Waals surface area contributed by atoms with Crippen molar-refractivity contribution in [3.05, 3.63) is 107 Å². The van der Waals surface area contributed by atoms with Crippen LogP contribution < -0.4 is 0 Å². The van der Waals surface area contributed by atoms with Crippen LogP contribution in [0, 0.1) is 0 Å². The molecule has 2 atom stereocenters. The molecule has 3 aromatic carbocycles. The number of esters is 1. The minimum absolute atomic E-state index is 0.243. The van der Waals surface area contributed by atoms with Crippen molar-refractivity contribution in [2.75, 3.05) is 0 Å². The Morgan fingerprint density at radius 2 is 1.23 bits per heavy atom. The number of imide groups is 1. The standard InChI is InChI=1S/C25H19NO5/c1-16(26-23(28)19-14-8-9-15-20(19)24(26)29)25(30)31-22(18-12-6-3-7-13-18)21(27)17-10-4-2-5-11-17/h2-16,22H,1H3/t16-,22-/m1/s1. The minimum atomic E-state index is -1.20. The zero-order chi connectivity index (χ0) is 22.0. The number of carbonyl (C=O) groups excluding carboxylic acids is 4. The molecule has 0 saturated heterocycles. The largest absolute Gasteiger partial charge is 0.447 e. The number of amides is 2. The Kier molecular flexibility index (Phi) is 5.45. The Balaban J connectivity index is 1.60. The molecule has 6 nitrogen and oxygen atoms in total. The quantitative estimate of drug-likeness (QED) is 0.348. The summed E-state index contributed by atoms with van der Waals surface area (Å²) in [5, 5.41) is 0. The first kappa shape index (κ1) is 20.2. The molecule has 154 valence electrons. The predicted molar refractivity (Wildman–Crippen MR) is 112 cm³/mol. The van der Waals surface area contributed by atoms with Gasteiger partial charge in [0.25, 0.3) is 11.8 Å². The van der Waals surface area contributed by atoms with Crippen LogP contribution in [0.2, 0.25) is 0 Å². The molecule has 0 saturated carbocycles. The maximum absolute atomic E-state index is 13.1. The molecule has 2 amide bonds. The summed E-state index contributed by atoms with van der Waals surface area (Å²) in [6, 6.07) is 22.3. The van der Waals surface area contributed by atoms with Gasteiger partial charge in [-0.05, 0) is 19.1 Å². The molecule has 1 heterocycles. The van der Waals surface area contributed by atoms with Gasteiger partial charge in [0.15, 0.2) is 6.10 Å². The molecule has 0 spiro atoms. The second kappa shape index (κ2) is 8.36. The van der Waals surface area contributed by atoms with Crippen LogP contribution >= 0.6 is 0 Å². The highest BCUT2D eigenvalue weighted by Gasteiger charge is 2.42. The van der Waals surface area contributed by atoms with Crippen LogP contribution in [0.3, 0.4) is 0 Å². The smallest absolute Gasteiger partial charge is 0.330 e. The molecular weight excluding hydrogens is 394 g/mol. The topological polar surface area (TPSA) is 80.8 Å². The van der Waals surface area contributed by atoms with E-state index in [4.69, 9.17) is 4.74 Å². The van der Waals surface area contributed by atoms with E-state index < -0.39 is 35.7 Å². The lowest BCUT2D eigenvalue weighted by molar-refractivity contribution is -0.151. The second-order valence-corrected chi connectivity index (χ2v) is 7.16. The first-order chi connectivity index (χ1) is 15.0. The summed E-state index contributed by atoms with van der Waals surface area (Å²) >= 11 is 0. The number of nitrogens with zero attached hydrogens (tertiary/aromatic N) is 1. The first-order valence-electron chi connectivity index (χ1n) is 9.80. The van der Waals surface area contributed by atoms with Crippen LogP contribution in [0.15, 0.2) is 84.9 Å². The molecule has 3 aromatic rings. The maximum Gasteiger partial charge on any atom is 0.330 e. The number of hydrogen-bond acceptors (Lipinski definition) is 5. The normalized spacial score (nSPS) is 14.7. The van der Waals surface area contributed by atoms with Gasteiger partial charge in [0.05, 0.1) is 11.1 Å². The van der Waals surface area contributed by atoms with Gasteiger partial charge in [0.1, 0.15) is 6.04 Å². The van der Waals surface area contributed by atoms with E-state index in [1.54, 1.807) is 84.9 Å². The van der Waals surface area contributed by atoms with E-state index in [9.17, 15) is 19.2 Å². The Morgan fingerprint density at radius 3 is 1.77 bits per heavy atom. The Bertz CT molecular complexity index is 1120. The number of ether oxygens (including phenoxy) is 1. The number of rotatable bonds is 6. The van der Waals surface area contributed by atoms with Gasteiger partial charge < -0.3 is 4.74 Å². The first-order valence-corrected chi connectivity index (χ1v) is 9.80. The van der Waals surface area contributed by atoms with Crippen molar-refractivity contribution in [1.29, 1.82) is 0 Å². The second-order valence-electron chi connectivity index (χ2n) is 7.16. The highest BCUT2D eigenvalue weighted by molar-refractivity contribution is 6.22. The van der Waals surface area contributed by atoms with Crippen molar-refractivity contribution in [3.8, 4) is 0 Å². The number of carbonyl (C=O) groups is 4. The van der Waals surface area contributed by atoms with Crippen molar-refractivity contribution in [1.82, 2.24) is 4.90 Å². The lowest BCUT2D eigenvalue weighted by Crippen LogP contribution is -2.44. The highest BCUT2D eigenvalue weighted by atomic mass is 16.5. The Hall–Kier alpha value is -4.06. The minimum Gasteiger partial charge on any atom is -0.447 e. The number of hydrogen-bond donors (Lipinski definition) is 0. The summed E-state index contributed by atoms with van der Waals surface area (Å²) in [7, 11) is 0.